The molecule has 3 rings (SSSR count). The van der Waals surface area contributed by atoms with Gasteiger partial charge < -0.3 is 8.92 Å². The van der Waals surface area contributed by atoms with Crippen molar-refractivity contribution in [2.24, 2.45) is 0 Å². The third-order valence-electron chi connectivity index (χ3n) is 3.29. The largest absolute Gasteiger partial charge is 0.497 e. The smallest absolute Gasteiger partial charge is 0.339 e. The summed E-state index contributed by atoms with van der Waals surface area (Å²) in [7, 11) is -6.72. The van der Waals surface area contributed by atoms with E-state index in [0.717, 1.165) is 0 Å². The molecule has 2 aromatic rings. The van der Waals surface area contributed by atoms with Crippen molar-refractivity contribution in [1.29, 1.82) is 0 Å². The molecule has 0 fully saturated rings. The van der Waals surface area contributed by atoms with E-state index in [2.05, 4.69) is 4.72 Å². The second-order valence-electron chi connectivity index (χ2n) is 4.82. The zero-order valence-corrected chi connectivity index (χ0v) is 13.6. The number of fused-ring (bicyclic) bond motifs is 3. The van der Waals surface area contributed by atoms with Gasteiger partial charge in [-0.2, -0.15) is 8.42 Å². The van der Waals surface area contributed by atoms with Gasteiger partial charge in [0.25, 0.3) is 0 Å². The number of benzene rings is 2. The number of methoxy groups -OCH3 is 1. The van der Waals surface area contributed by atoms with Gasteiger partial charge in [0.2, 0.25) is 10.0 Å². The van der Waals surface area contributed by atoms with Crippen molar-refractivity contribution in [2.45, 2.75) is 16.3 Å². The van der Waals surface area contributed by atoms with Crippen LogP contribution in [0.15, 0.2) is 52.3 Å². The first kappa shape index (κ1) is 15.8. The molecule has 9 heteroatoms. The normalized spacial score (nSPS) is 18.3. The fourth-order valence-corrected chi connectivity index (χ4v) is 4.32. The molecule has 0 aromatic heterocycles. The molecule has 2 aromatic carbocycles. The Kier molecular flexibility index (Phi) is 3.78. The van der Waals surface area contributed by atoms with E-state index in [-0.39, 0.29) is 27.8 Å². The first-order valence-electron chi connectivity index (χ1n) is 6.53. The third-order valence-corrected chi connectivity index (χ3v) is 5.96. The van der Waals surface area contributed by atoms with Crippen LogP contribution in [0.3, 0.4) is 0 Å². The number of hydrogen-bond acceptors (Lipinski definition) is 6. The molecule has 0 aliphatic carbocycles. The molecular weight excluding hydrogens is 342 g/mol. The van der Waals surface area contributed by atoms with Gasteiger partial charge in [0.05, 0.1) is 7.11 Å². The number of hydrogen-bond donors (Lipinski definition) is 1. The van der Waals surface area contributed by atoms with Gasteiger partial charge in [-0.25, -0.2) is 13.1 Å². The standard InChI is InChI=1S/C14H13NO6S2/c1-20-11-5-6-14-13(8-11)21-23(18,19)12-4-2-3-10(7-12)9-15-22(14,16)17/h2-8,15H,9H2,1H3. The third kappa shape index (κ3) is 3.03. The van der Waals surface area contributed by atoms with Gasteiger partial charge in [-0.05, 0) is 29.8 Å². The second kappa shape index (κ2) is 5.52. The minimum Gasteiger partial charge on any atom is -0.497 e. The summed E-state index contributed by atoms with van der Waals surface area (Å²) in [4.78, 5) is -0.322. The van der Waals surface area contributed by atoms with Gasteiger partial charge in [0, 0.05) is 12.6 Å². The highest BCUT2D eigenvalue weighted by atomic mass is 32.2. The van der Waals surface area contributed by atoms with Crippen LogP contribution in [0.1, 0.15) is 5.56 Å². The van der Waals surface area contributed by atoms with E-state index in [4.69, 9.17) is 8.92 Å². The monoisotopic (exact) mass is 355 g/mol. The summed E-state index contributed by atoms with van der Waals surface area (Å²) >= 11 is 0. The molecule has 23 heavy (non-hydrogen) atoms. The average Bonchev–Trinajstić information content (AvgIpc) is 2.52. The first-order valence-corrected chi connectivity index (χ1v) is 9.42. The maximum Gasteiger partial charge on any atom is 0.339 e. The molecular formula is C14H13NO6S2. The van der Waals surface area contributed by atoms with Crippen LogP contribution < -0.4 is 13.6 Å². The second-order valence-corrected chi connectivity index (χ2v) is 8.10. The Morgan fingerprint density at radius 2 is 1.87 bits per heavy atom. The molecule has 122 valence electrons. The van der Waals surface area contributed by atoms with Crippen LogP contribution in [0.25, 0.3) is 0 Å². The van der Waals surface area contributed by atoms with Crippen LogP contribution in [0.2, 0.25) is 0 Å². The molecule has 1 heterocycles. The average molecular weight is 355 g/mol. The molecule has 0 amide bonds. The molecule has 1 aliphatic rings. The molecule has 0 atom stereocenters. The number of ether oxygens (including phenoxy) is 1. The lowest BCUT2D eigenvalue weighted by atomic mass is 10.2. The van der Waals surface area contributed by atoms with Crippen LogP contribution in [0, 0.1) is 0 Å². The summed E-state index contributed by atoms with van der Waals surface area (Å²) < 4.78 is 62.0. The minimum absolute atomic E-state index is 0.0306. The molecule has 0 saturated heterocycles. The Balaban J connectivity index is 2.25. The van der Waals surface area contributed by atoms with Crippen LogP contribution in [0.4, 0.5) is 0 Å². The summed E-state index contributed by atoms with van der Waals surface area (Å²) in [5, 5.41) is 0. The summed E-state index contributed by atoms with van der Waals surface area (Å²) in [6.07, 6.45) is 0. The van der Waals surface area contributed by atoms with Gasteiger partial charge in [-0.15, -0.1) is 0 Å². The van der Waals surface area contributed by atoms with Gasteiger partial charge in [0.1, 0.15) is 15.5 Å². The van der Waals surface area contributed by atoms with Crippen molar-refractivity contribution in [3.05, 3.63) is 48.0 Å². The zero-order chi connectivity index (χ0) is 16.7. The van der Waals surface area contributed by atoms with E-state index >= 15 is 0 Å². The predicted octanol–water partition coefficient (Wildman–Crippen LogP) is 1.25. The van der Waals surface area contributed by atoms with Crippen molar-refractivity contribution >= 4 is 20.1 Å². The molecule has 0 saturated carbocycles. The Hall–Kier alpha value is -2.10. The maximum atomic E-state index is 12.4. The maximum absolute atomic E-state index is 12.4. The summed E-state index contributed by atoms with van der Waals surface area (Å²) in [6.45, 7) is -0.0306. The number of rotatable bonds is 1. The molecule has 2 bridgehead atoms. The highest BCUT2D eigenvalue weighted by Crippen LogP contribution is 2.32. The topological polar surface area (TPSA) is 98.8 Å². The van der Waals surface area contributed by atoms with Crippen LogP contribution in [-0.2, 0) is 26.7 Å². The molecule has 0 spiro atoms. The van der Waals surface area contributed by atoms with E-state index < -0.39 is 20.1 Å². The molecule has 0 unspecified atom stereocenters. The SMILES string of the molecule is COc1ccc2c(c1)OS(=O)(=O)c1cccc(c1)CNS2(=O)=O. The molecule has 1 aliphatic heterocycles. The summed E-state index contributed by atoms with van der Waals surface area (Å²) in [5.74, 6) is -0.0379. The fourth-order valence-electron chi connectivity index (χ4n) is 2.14. The van der Waals surface area contributed by atoms with Gasteiger partial charge in [-0.1, -0.05) is 12.1 Å². The number of sulfonamides is 1. The van der Waals surface area contributed by atoms with Gasteiger partial charge in [0.15, 0.2) is 5.75 Å². The van der Waals surface area contributed by atoms with Gasteiger partial charge in [-0.3, -0.25) is 0 Å². The Labute approximate surface area is 134 Å². The van der Waals surface area contributed by atoms with E-state index in [1.165, 1.54) is 43.5 Å². The van der Waals surface area contributed by atoms with E-state index in [1.54, 1.807) is 6.07 Å². The van der Waals surface area contributed by atoms with Gasteiger partial charge >= 0.3 is 10.1 Å². The van der Waals surface area contributed by atoms with Crippen molar-refractivity contribution < 1.29 is 25.8 Å². The number of nitrogens with one attached hydrogen (secondary N) is 1. The lowest BCUT2D eigenvalue weighted by molar-refractivity contribution is 0.410. The Bertz CT molecular complexity index is 967. The highest BCUT2D eigenvalue weighted by molar-refractivity contribution is 7.89. The lowest BCUT2D eigenvalue weighted by Gasteiger charge is -2.16. The Morgan fingerprint density at radius 1 is 1.09 bits per heavy atom. The van der Waals surface area contributed by atoms with Crippen LogP contribution >= 0.6 is 0 Å². The summed E-state index contributed by atoms with van der Waals surface area (Å²) in [5.41, 5.74) is 0.509. The van der Waals surface area contributed by atoms with Crippen molar-refractivity contribution in [3.63, 3.8) is 0 Å². The zero-order valence-electron chi connectivity index (χ0n) is 12.0. The predicted molar refractivity (Wildman–Crippen MR) is 81.3 cm³/mol. The van der Waals surface area contributed by atoms with E-state index in [9.17, 15) is 16.8 Å². The fraction of sp³-hybridized carbons (Fsp3) is 0.143. The van der Waals surface area contributed by atoms with Crippen LogP contribution in [0.5, 0.6) is 11.5 Å². The highest BCUT2D eigenvalue weighted by Gasteiger charge is 2.27. The van der Waals surface area contributed by atoms with Crippen LogP contribution in [-0.4, -0.2) is 23.9 Å². The molecule has 7 nitrogen and oxygen atoms in total. The van der Waals surface area contributed by atoms with E-state index in [0.29, 0.717) is 5.56 Å². The Morgan fingerprint density at radius 3 is 2.61 bits per heavy atom. The first-order chi connectivity index (χ1) is 10.8. The lowest BCUT2D eigenvalue weighted by Crippen LogP contribution is -2.25. The van der Waals surface area contributed by atoms with Crippen molar-refractivity contribution in [3.8, 4) is 11.5 Å². The summed E-state index contributed by atoms with van der Waals surface area (Å²) in [6, 6.07) is 9.77. The molecule has 1 N–H and O–H groups in total. The quantitative estimate of drug-likeness (QED) is 0.773. The van der Waals surface area contributed by atoms with Crippen molar-refractivity contribution in [1.82, 2.24) is 4.72 Å². The minimum atomic E-state index is -4.16. The molecule has 0 radical (unpaired) electrons. The van der Waals surface area contributed by atoms with Crippen molar-refractivity contribution in [2.75, 3.05) is 7.11 Å². The van der Waals surface area contributed by atoms with E-state index in [1.807, 2.05) is 0 Å².